The Kier molecular flexibility index (Phi) is 5.00. The summed E-state index contributed by atoms with van der Waals surface area (Å²) in [4.78, 5) is 12.4. The number of ether oxygens (including phenoxy) is 2. The maximum Gasteiger partial charge on any atom is 0.328 e. The van der Waals surface area contributed by atoms with Crippen LogP contribution in [0.5, 0.6) is 11.5 Å². The highest BCUT2D eigenvalue weighted by atomic mass is 32.1. The molecule has 0 aliphatic rings. The number of aryl methyl sites for hydroxylation is 1. The summed E-state index contributed by atoms with van der Waals surface area (Å²) in [5.74, 6) is 0.447. The third-order valence-electron chi connectivity index (χ3n) is 2.76. The Morgan fingerprint density at radius 1 is 1.29 bits per heavy atom. The van der Waals surface area contributed by atoms with Crippen molar-refractivity contribution in [3.05, 3.63) is 51.7 Å². The Morgan fingerprint density at radius 2 is 2.10 bits per heavy atom. The molecule has 0 saturated carbocycles. The van der Waals surface area contributed by atoms with Crippen LogP contribution in [0.1, 0.15) is 15.3 Å². The number of aliphatic carboxylic acids is 1. The third-order valence-corrected chi connectivity index (χ3v) is 3.79. The van der Waals surface area contributed by atoms with Crippen LogP contribution < -0.4 is 9.47 Å². The van der Waals surface area contributed by atoms with Crippen molar-refractivity contribution in [2.24, 2.45) is 0 Å². The van der Waals surface area contributed by atoms with E-state index in [1.54, 1.807) is 13.2 Å². The molecular formula is C16H16O4S. The maximum atomic E-state index is 10.5. The second kappa shape index (κ2) is 6.95. The van der Waals surface area contributed by atoms with E-state index in [9.17, 15) is 4.79 Å². The summed E-state index contributed by atoms with van der Waals surface area (Å²) in [6.45, 7) is 2.41. The molecule has 1 aromatic carbocycles. The van der Waals surface area contributed by atoms with E-state index in [0.29, 0.717) is 18.1 Å². The van der Waals surface area contributed by atoms with Crippen molar-refractivity contribution in [3.63, 3.8) is 0 Å². The highest BCUT2D eigenvalue weighted by Crippen LogP contribution is 2.29. The summed E-state index contributed by atoms with van der Waals surface area (Å²) in [6, 6.07) is 9.56. The fraction of sp³-hybridized carbons (Fsp3) is 0.188. The Balaban J connectivity index is 2.02. The van der Waals surface area contributed by atoms with Gasteiger partial charge in [-0.05, 0) is 42.8 Å². The first-order valence-electron chi connectivity index (χ1n) is 6.35. The van der Waals surface area contributed by atoms with Gasteiger partial charge in [0.05, 0.1) is 7.11 Å². The van der Waals surface area contributed by atoms with Crippen molar-refractivity contribution < 1.29 is 19.4 Å². The molecule has 0 saturated heterocycles. The van der Waals surface area contributed by atoms with Gasteiger partial charge in [-0.15, -0.1) is 11.3 Å². The molecule has 4 nitrogen and oxygen atoms in total. The van der Waals surface area contributed by atoms with Gasteiger partial charge in [-0.25, -0.2) is 4.79 Å². The van der Waals surface area contributed by atoms with E-state index in [0.717, 1.165) is 21.4 Å². The number of rotatable bonds is 6. The van der Waals surface area contributed by atoms with E-state index < -0.39 is 5.97 Å². The molecule has 2 rings (SSSR count). The number of hydrogen-bond acceptors (Lipinski definition) is 4. The number of hydrogen-bond donors (Lipinski definition) is 1. The average Bonchev–Trinajstić information content (AvgIpc) is 2.91. The zero-order valence-corrected chi connectivity index (χ0v) is 12.6. The van der Waals surface area contributed by atoms with Crippen molar-refractivity contribution in [1.29, 1.82) is 0 Å². The molecule has 110 valence electrons. The predicted octanol–water partition coefficient (Wildman–Crippen LogP) is 3.74. The molecule has 0 bridgehead atoms. The SMILES string of the molecule is COc1cc(C)ccc1OCc1ccc(C=CC(=O)O)s1. The molecule has 0 aliphatic carbocycles. The quantitative estimate of drug-likeness (QED) is 0.826. The van der Waals surface area contributed by atoms with Gasteiger partial charge < -0.3 is 14.6 Å². The van der Waals surface area contributed by atoms with Gasteiger partial charge in [-0.2, -0.15) is 0 Å². The van der Waals surface area contributed by atoms with Gasteiger partial charge in [0, 0.05) is 15.8 Å². The summed E-state index contributed by atoms with van der Waals surface area (Å²) in [7, 11) is 1.61. The van der Waals surface area contributed by atoms with Gasteiger partial charge in [0.25, 0.3) is 0 Å². The van der Waals surface area contributed by atoms with E-state index in [1.165, 1.54) is 11.3 Å². The predicted molar refractivity (Wildman–Crippen MR) is 83.1 cm³/mol. The van der Waals surface area contributed by atoms with Crippen LogP contribution in [0.3, 0.4) is 0 Å². The lowest BCUT2D eigenvalue weighted by atomic mass is 10.2. The van der Waals surface area contributed by atoms with E-state index in [1.807, 2.05) is 37.3 Å². The maximum absolute atomic E-state index is 10.5. The van der Waals surface area contributed by atoms with Crippen molar-refractivity contribution in [3.8, 4) is 11.5 Å². The van der Waals surface area contributed by atoms with Crippen molar-refractivity contribution in [1.82, 2.24) is 0 Å². The molecule has 0 spiro atoms. The zero-order chi connectivity index (χ0) is 15.2. The summed E-state index contributed by atoms with van der Waals surface area (Å²) >= 11 is 1.49. The number of methoxy groups -OCH3 is 1. The van der Waals surface area contributed by atoms with Crippen LogP contribution in [-0.2, 0) is 11.4 Å². The second-order valence-corrected chi connectivity index (χ2v) is 5.62. The summed E-state index contributed by atoms with van der Waals surface area (Å²) in [6.07, 6.45) is 2.70. The molecule has 0 atom stereocenters. The van der Waals surface area contributed by atoms with Gasteiger partial charge >= 0.3 is 5.97 Å². The smallest absolute Gasteiger partial charge is 0.328 e. The molecule has 0 radical (unpaired) electrons. The Hall–Kier alpha value is -2.27. The fourth-order valence-electron chi connectivity index (χ4n) is 1.76. The average molecular weight is 304 g/mol. The van der Waals surface area contributed by atoms with Crippen LogP contribution in [0.4, 0.5) is 0 Å². The van der Waals surface area contributed by atoms with E-state index in [4.69, 9.17) is 14.6 Å². The van der Waals surface area contributed by atoms with Gasteiger partial charge in [-0.3, -0.25) is 0 Å². The first-order chi connectivity index (χ1) is 10.1. The molecule has 2 aromatic rings. The van der Waals surface area contributed by atoms with Gasteiger partial charge in [0.2, 0.25) is 0 Å². The van der Waals surface area contributed by atoms with Gasteiger partial charge in [-0.1, -0.05) is 6.07 Å². The minimum absolute atomic E-state index is 0.422. The molecule has 21 heavy (non-hydrogen) atoms. The Morgan fingerprint density at radius 3 is 2.81 bits per heavy atom. The number of benzene rings is 1. The molecule has 1 aromatic heterocycles. The number of carboxylic acids is 1. The molecule has 0 amide bonds. The number of carboxylic acid groups (broad SMARTS) is 1. The topological polar surface area (TPSA) is 55.8 Å². The van der Waals surface area contributed by atoms with Gasteiger partial charge in [0.15, 0.2) is 11.5 Å². The Bertz CT molecular complexity index is 658. The molecule has 5 heteroatoms. The summed E-state index contributed by atoms with van der Waals surface area (Å²) in [5, 5.41) is 8.59. The van der Waals surface area contributed by atoms with Crippen LogP contribution in [0.25, 0.3) is 6.08 Å². The highest BCUT2D eigenvalue weighted by Gasteiger charge is 2.06. The van der Waals surface area contributed by atoms with E-state index in [2.05, 4.69) is 0 Å². The minimum atomic E-state index is -0.953. The lowest BCUT2D eigenvalue weighted by molar-refractivity contribution is -0.131. The largest absolute Gasteiger partial charge is 0.493 e. The molecule has 0 unspecified atom stereocenters. The molecule has 1 heterocycles. The van der Waals surface area contributed by atoms with Crippen LogP contribution >= 0.6 is 11.3 Å². The molecule has 0 fully saturated rings. The number of thiophene rings is 1. The van der Waals surface area contributed by atoms with Crippen molar-refractivity contribution in [2.45, 2.75) is 13.5 Å². The monoisotopic (exact) mass is 304 g/mol. The van der Waals surface area contributed by atoms with Crippen molar-refractivity contribution in [2.75, 3.05) is 7.11 Å². The first-order valence-corrected chi connectivity index (χ1v) is 7.17. The molecular weight excluding hydrogens is 288 g/mol. The fourth-order valence-corrected chi connectivity index (χ4v) is 2.59. The summed E-state index contributed by atoms with van der Waals surface area (Å²) < 4.78 is 11.0. The minimum Gasteiger partial charge on any atom is -0.493 e. The van der Waals surface area contributed by atoms with Crippen molar-refractivity contribution >= 4 is 23.4 Å². The van der Waals surface area contributed by atoms with Crippen LogP contribution in [0.2, 0.25) is 0 Å². The van der Waals surface area contributed by atoms with Gasteiger partial charge in [0.1, 0.15) is 6.61 Å². The molecule has 1 N–H and O–H groups in total. The third kappa shape index (κ3) is 4.36. The summed E-state index contributed by atoms with van der Waals surface area (Å²) in [5.41, 5.74) is 1.11. The van der Waals surface area contributed by atoms with Crippen LogP contribution in [0.15, 0.2) is 36.4 Å². The normalized spacial score (nSPS) is 10.8. The van der Waals surface area contributed by atoms with Crippen LogP contribution in [0, 0.1) is 6.92 Å². The lowest BCUT2D eigenvalue weighted by Crippen LogP contribution is -1.96. The second-order valence-electron chi connectivity index (χ2n) is 4.42. The molecule has 0 aliphatic heterocycles. The Labute approximate surface area is 127 Å². The van der Waals surface area contributed by atoms with E-state index in [-0.39, 0.29) is 0 Å². The van der Waals surface area contributed by atoms with Crippen LogP contribution in [-0.4, -0.2) is 18.2 Å². The van der Waals surface area contributed by atoms with E-state index >= 15 is 0 Å². The first kappa shape index (κ1) is 15.1. The standard InChI is InChI=1S/C16H16O4S/c1-11-3-7-14(15(9-11)19-2)20-10-13-5-4-12(21-13)6-8-16(17)18/h3-9H,10H2,1-2H3,(H,17,18). The highest BCUT2D eigenvalue weighted by molar-refractivity contribution is 7.12. The zero-order valence-electron chi connectivity index (χ0n) is 11.8. The number of carbonyl (C=O) groups is 1. The lowest BCUT2D eigenvalue weighted by Gasteiger charge is -2.10.